The van der Waals surface area contributed by atoms with E-state index in [0.29, 0.717) is 11.3 Å². The summed E-state index contributed by atoms with van der Waals surface area (Å²) in [6.07, 6.45) is 23.8. The fourth-order valence-electron chi connectivity index (χ4n) is 4.17. The summed E-state index contributed by atoms with van der Waals surface area (Å²) >= 11 is 0. The number of fused-ring (bicyclic) bond motifs is 11. The van der Waals surface area contributed by atoms with Crippen molar-refractivity contribution in [2.75, 3.05) is 0 Å². The fraction of sp³-hybridized carbons (Fsp3) is 0.850. The van der Waals surface area contributed by atoms with E-state index < -0.39 is 0 Å². The molecule has 0 spiro atoms. The van der Waals surface area contributed by atoms with E-state index in [0.717, 1.165) is 5.92 Å². The van der Waals surface area contributed by atoms with Gasteiger partial charge in [-0.15, -0.1) is 0 Å². The summed E-state index contributed by atoms with van der Waals surface area (Å²) in [5, 5.41) is 0. The maximum atomic E-state index is 4.40. The van der Waals surface area contributed by atoms with Crippen LogP contribution in [0.4, 0.5) is 0 Å². The normalized spacial score (nSPS) is 33.9. The maximum Gasteiger partial charge on any atom is -0.00923 e. The highest BCUT2D eigenvalue weighted by molar-refractivity contribution is 5.09. The lowest BCUT2D eigenvalue weighted by molar-refractivity contribution is 0.205. The topological polar surface area (TPSA) is 0 Å². The third-order valence-electron chi connectivity index (χ3n) is 5.88. The van der Waals surface area contributed by atoms with Gasteiger partial charge in [0.2, 0.25) is 0 Å². The summed E-state index contributed by atoms with van der Waals surface area (Å²) in [6, 6.07) is 0. The first-order valence-corrected chi connectivity index (χ1v) is 9.25. The molecular weight excluding hydrogens is 240 g/mol. The number of hydrogen-bond acceptors (Lipinski definition) is 0. The summed E-state index contributed by atoms with van der Waals surface area (Å²) in [5.41, 5.74) is 0.427. The molecule has 3 unspecified atom stereocenters. The van der Waals surface area contributed by atoms with E-state index in [-0.39, 0.29) is 0 Å². The molecule has 1 saturated carbocycles. The first-order valence-electron chi connectivity index (χ1n) is 9.25. The molecule has 0 N–H and O–H groups in total. The number of allylic oxidation sites excluding steroid dienone is 2. The molecule has 115 valence electrons. The molecule has 0 saturated heterocycles. The molecule has 0 aliphatic heterocycles. The fourth-order valence-corrected chi connectivity index (χ4v) is 4.17. The van der Waals surface area contributed by atoms with Crippen LogP contribution in [0.5, 0.6) is 0 Å². The molecule has 0 heteroatoms. The van der Waals surface area contributed by atoms with Crippen LogP contribution in [0.3, 0.4) is 0 Å². The Labute approximate surface area is 127 Å². The van der Waals surface area contributed by atoms with Gasteiger partial charge in [-0.25, -0.2) is 0 Å². The van der Waals surface area contributed by atoms with Crippen LogP contribution in [-0.2, 0) is 0 Å². The van der Waals surface area contributed by atoms with Gasteiger partial charge >= 0.3 is 0 Å². The Morgan fingerprint density at radius 3 is 2.00 bits per heavy atom. The van der Waals surface area contributed by atoms with E-state index in [1.165, 1.54) is 83.5 Å². The quantitative estimate of drug-likeness (QED) is 0.466. The van der Waals surface area contributed by atoms with Gasteiger partial charge in [0.05, 0.1) is 0 Å². The second-order valence-corrected chi connectivity index (χ2v) is 7.51. The second kappa shape index (κ2) is 8.25. The molecule has 2 bridgehead atoms. The molecule has 1 radical (unpaired) electrons. The van der Waals surface area contributed by atoms with Crippen LogP contribution in [0.1, 0.15) is 90.4 Å². The highest BCUT2D eigenvalue weighted by Crippen LogP contribution is 2.44. The third kappa shape index (κ3) is 4.64. The molecule has 0 aromatic rings. The molecule has 20 heavy (non-hydrogen) atoms. The van der Waals surface area contributed by atoms with Crippen molar-refractivity contribution in [2.45, 2.75) is 90.4 Å². The average Bonchev–Trinajstić information content (AvgIpc) is 2.46. The van der Waals surface area contributed by atoms with Gasteiger partial charge in [0.25, 0.3) is 0 Å². The zero-order valence-corrected chi connectivity index (χ0v) is 13.7. The SMILES string of the molecule is [CH2]C(C)C12C=CC(CCCCCCCCCCC1)CC2. The van der Waals surface area contributed by atoms with Gasteiger partial charge < -0.3 is 0 Å². The summed E-state index contributed by atoms with van der Waals surface area (Å²) in [7, 11) is 0. The van der Waals surface area contributed by atoms with Crippen molar-refractivity contribution in [1.82, 2.24) is 0 Å². The molecule has 3 rings (SSSR count). The Morgan fingerprint density at radius 2 is 1.45 bits per heavy atom. The molecule has 3 aliphatic rings. The van der Waals surface area contributed by atoms with Crippen molar-refractivity contribution in [3.8, 4) is 0 Å². The molecule has 0 heterocycles. The summed E-state index contributed by atoms with van der Waals surface area (Å²) in [4.78, 5) is 0. The van der Waals surface area contributed by atoms with Gasteiger partial charge in [0, 0.05) is 0 Å². The molecule has 3 atom stereocenters. The third-order valence-corrected chi connectivity index (χ3v) is 5.88. The molecule has 0 aromatic carbocycles. The Bertz CT molecular complexity index is 288. The number of rotatable bonds is 1. The predicted molar refractivity (Wildman–Crippen MR) is 89.6 cm³/mol. The average molecular weight is 275 g/mol. The molecule has 0 aromatic heterocycles. The molecule has 3 aliphatic carbocycles. The minimum atomic E-state index is 0.427. The molecule has 0 amide bonds. The standard InChI is InChI=1S/C20H35/c1-18(2)20-15-11-9-7-5-3-4-6-8-10-12-19(13-16-20)14-17-20/h13,16,18-19H,1,3-12,14-15,17H2,2H3. The monoisotopic (exact) mass is 275 g/mol. The van der Waals surface area contributed by atoms with Gasteiger partial charge in [-0.1, -0.05) is 76.9 Å². The van der Waals surface area contributed by atoms with Crippen LogP contribution in [0.2, 0.25) is 0 Å². The van der Waals surface area contributed by atoms with Crippen LogP contribution in [0.25, 0.3) is 0 Å². The number of hydrogen-bond donors (Lipinski definition) is 0. The van der Waals surface area contributed by atoms with E-state index in [9.17, 15) is 0 Å². The Balaban J connectivity index is 1.96. The Hall–Kier alpha value is -0.260. The van der Waals surface area contributed by atoms with E-state index in [4.69, 9.17) is 0 Å². The van der Waals surface area contributed by atoms with Crippen LogP contribution < -0.4 is 0 Å². The largest absolute Gasteiger partial charge is 0.0849 e. The lowest BCUT2D eigenvalue weighted by Crippen LogP contribution is -2.29. The van der Waals surface area contributed by atoms with E-state index in [1.54, 1.807) is 0 Å². The highest BCUT2D eigenvalue weighted by atomic mass is 14.4. The van der Waals surface area contributed by atoms with Gasteiger partial charge in [-0.3, -0.25) is 0 Å². The smallest absolute Gasteiger partial charge is 0.00923 e. The van der Waals surface area contributed by atoms with Crippen molar-refractivity contribution in [2.24, 2.45) is 17.3 Å². The Kier molecular flexibility index (Phi) is 6.65. The predicted octanol–water partition coefficient (Wildman–Crippen LogP) is 6.71. The minimum absolute atomic E-state index is 0.427. The highest BCUT2D eigenvalue weighted by Gasteiger charge is 2.33. The zero-order chi connectivity index (χ0) is 14.3. The van der Waals surface area contributed by atoms with E-state index in [2.05, 4.69) is 26.0 Å². The van der Waals surface area contributed by atoms with Gasteiger partial charge in [-0.2, -0.15) is 0 Å². The van der Waals surface area contributed by atoms with Crippen molar-refractivity contribution in [1.29, 1.82) is 0 Å². The van der Waals surface area contributed by atoms with Crippen LogP contribution in [0, 0.1) is 24.2 Å². The summed E-state index contributed by atoms with van der Waals surface area (Å²) in [6.45, 7) is 6.73. The van der Waals surface area contributed by atoms with Crippen LogP contribution >= 0.6 is 0 Å². The second-order valence-electron chi connectivity index (χ2n) is 7.51. The first kappa shape index (κ1) is 16.1. The van der Waals surface area contributed by atoms with Crippen molar-refractivity contribution in [3.63, 3.8) is 0 Å². The van der Waals surface area contributed by atoms with Crippen LogP contribution in [0.15, 0.2) is 12.2 Å². The minimum Gasteiger partial charge on any atom is -0.0849 e. The molecule has 0 nitrogen and oxygen atoms in total. The lowest BCUT2D eigenvalue weighted by Gasteiger charge is -2.39. The molecular formula is C20H35. The summed E-state index contributed by atoms with van der Waals surface area (Å²) in [5.74, 6) is 1.43. The van der Waals surface area contributed by atoms with Crippen molar-refractivity contribution < 1.29 is 0 Å². The summed E-state index contributed by atoms with van der Waals surface area (Å²) < 4.78 is 0. The zero-order valence-electron chi connectivity index (χ0n) is 13.7. The lowest BCUT2D eigenvalue weighted by atomic mass is 9.65. The maximum absolute atomic E-state index is 4.40. The van der Waals surface area contributed by atoms with Crippen LogP contribution in [-0.4, -0.2) is 0 Å². The van der Waals surface area contributed by atoms with Crippen molar-refractivity contribution in [3.05, 3.63) is 19.1 Å². The molecule has 1 fully saturated rings. The van der Waals surface area contributed by atoms with Gasteiger partial charge in [0.1, 0.15) is 0 Å². The Morgan fingerprint density at radius 1 is 0.850 bits per heavy atom. The van der Waals surface area contributed by atoms with E-state index in [1.807, 2.05) is 0 Å². The van der Waals surface area contributed by atoms with E-state index >= 15 is 0 Å². The van der Waals surface area contributed by atoms with Gasteiger partial charge in [0.15, 0.2) is 0 Å². The van der Waals surface area contributed by atoms with Crippen molar-refractivity contribution >= 4 is 0 Å². The first-order chi connectivity index (χ1) is 9.73. The van der Waals surface area contributed by atoms with Gasteiger partial charge in [-0.05, 0) is 49.9 Å².